The maximum atomic E-state index is 6.25. The van der Waals surface area contributed by atoms with Gasteiger partial charge in [-0.2, -0.15) is 4.57 Å². The topological polar surface area (TPSA) is 22.3 Å². The van der Waals surface area contributed by atoms with Gasteiger partial charge < -0.3 is 9.47 Å². The Morgan fingerprint density at radius 3 is 1.86 bits per heavy atom. The lowest BCUT2D eigenvalue weighted by Crippen LogP contribution is -2.49. The van der Waals surface area contributed by atoms with Crippen LogP contribution in [0.15, 0.2) is 91.3 Å². The number of benzene rings is 2. The van der Waals surface area contributed by atoms with Gasteiger partial charge in [0.2, 0.25) is 0 Å². The molecule has 0 aliphatic rings. The molecule has 0 saturated carbocycles. The molecule has 0 aliphatic heterocycles. The van der Waals surface area contributed by atoms with Crippen LogP contribution in [-0.2, 0) is 22.7 Å². The summed E-state index contributed by atoms with van der Waals surface area (Å²) in [6.45, 7) is 6.32. The molecule has 1 aromatic heterocycles. The zero-order chi connectivity index (χ0) is 19.6. The average Bonchev–Trinajstić information content (AvgIpc) is 2.75. The predicted octanol–water partition coefficient (Wildman–Crippen LogP) is 4.97. The second-order valence-corrected chi connectivity index (χ2v) is 7.29. The van der Waals surface area contributed by atoms with Crippen molar-refractivity contribution in [2.45, 2.75) is 39.2 Å². The summed E-state index contributed by atoms with van der Waals surface area (Å²) in [5.41, 5.74) is 2.39. The van der Waals surface area contributed by atoms with Crippen LogP contribution in [0.3, 0.4) is 0 Å². The van der Waals surface area contributed by atoms with Gasteiger partial charge in [0.1, 0.15) is 6.10 Å². The fourth-order valence-corrected chi connectivity index (χ4v) is 3.55. The van der Waals surface area contributed by atoms with Crippen molar-refractivity contribution < 1.29 is 14.0 Å². The number of nitrogens with zero attached hydrogens (tertiary/aromatic N) is 1. The number of pyridine rings is 1. The summed E-state index contributed by atoms with van der Waals surface area (Å²) in [4.78, 5) is 0. The minimum Gasteiger partial charge on any atom is -0.376 e. The second kappa shape index (κ2) is 10.7. The molecule has 0 fully saturated rings. The largest absolute Gasteiger partial charge is 0.376 e. The molecule has 146 valence electrons. The molecule has 0 N–H and O–H groups in total. The molecule has 3 nitrogen and oxygen atoms in total. The predicted molar refractivity (Wildman–Crippen MR) is 112 cm³/mol. The third-order valence-corrected chi connectivity index (χ3v) is 4.99. The van der Waals surface area contributed by atoms with E-state index in [0.29, 0.717) is 25.7 Å². The highest BCUT2D eigenvalue weighted by Gasteiger charge is 2.32. The van der Waals surface area contributed by atoms with E-state index in [1.165, 1.54) is 11.1 Å². The molecule has 0 bridgehead atoms. The van der Waals surface area contributed by atoms with Crippen LogP contribution in [-0.4, -0.2) is 12.7 Å². The van der Waals surface area contributed by atoms with Gasteiger partial charge in [-0.3, -0.25) is 0 Å². The van der Waals surface area contributed by atoms with Crippen LogP contribution in [0.1, 0.15) is 31.0 Å². The zero-order valence-corrected chi connectivity index (χ0v) is 16.8. The molecule has 0 spiro atoms. The van der Waals surface area contributed by atoms with E-state index in [1.54, 1.807) is 0 Å². The standard InChI is InChI=1S/C25H30NO2/c1-21(18-27-19-23-12-6-3-7-13-23)25(26-16-10-5-11-17-26)22(2)28-20-24-14-8-4-9-15-24/h3-17,21-22,25H,18-20H2,1-2H3/q+1/t21-,22-,25+/m1/s1. The van der Waals surface area contributed by atoms with E-state index in [2.05, 4.69) is 67.2 Å². The van der Waals surface area contributed by atoms with Crippen molar-refractivity contribution in [2.24, 2.45) is 5.92 Å². The molecule has 0 radical (unpaired) electrons. The maximum Gasteiger partial charge on any atom is 0.188 e. The molecule has 0 aliphatic carbocycles. The molecule has 3 atom stereocenters. The van der Waals surface area contributed by atoms with Gasteiger partial charge in [-0.05, 0) is 18.1 Å². The lowest BCUT2D eigenvalue weighted by Gasteiger charge is -2.25. The van der Waals surface area contributed by atoms with Crippen molar-refractivity contribution in [3.8, 4) is 0 Å². The van der Waals surface area contributed by atoms with Gasteiger partial charge in [0.15, 0.2) is 18.4 Å². The maximum absolute atomic E-state index is 6.25. The third-order valence-electron chi connectivity index (χ3n) is 4.99. The van der Waals surface area contributed by atoms with Crippen molar-refractivity contribution in [1.29, 1.82) is 0 Å². The molecular formula is C25H30NO2+. The minimum absolute atomic E-state index is 0.0583. The molecule has 0 saturated heterocycles. The Morgan fingerprint density at radius 1 is 0.714 bits per heavy atom. The average molecular weight is 377 g/mol. The highest BCUT2D eigenvalue weighted by molar-refractivity contribution is 5.14. The Hall–Kier alpha value is -2.49. The van der Waals surface area contributed by atoms with Crippen LogP contribution in [0.5, 0.6) is 0 Å². The summed E-state index contributed by atoms with van der Waals surface area (Å²) in [6, 6.07) is 27.0. The van der Waals surface area contributed by atoms with Crippen LogP contribution in [0.4, 0.5) is 0 Å². The van der Waals surface area contributed by atoms with Crippen LogP contribution in [0.25, 0.3) is 0 Å². The molecule has 28 heavy (non-hydrogen) atoms. The van der Waals surface area contributed by atoms with E-state index >= 15 is 0 Å². The van der Waals surface area contributed by atoms with Gasteiger partial charge >= 0.3 is 0 Å². The van der Waals surface area contributed by atoms with Gasteiger partial charge in [-0.15, -0.1) is 0 Å². The number of ether oxygens (including phenoxy) is 2. The Bertz CT molecular complexity index is 793. The Labute approximate surface area is 168 Å². The van der Waals surface area contributed by atoms with E-state index < -0.39 is 0 Å². The smallest absolute Gasteiger partial charge is 0.188 e. The molecular weight excluding hydrogens is 346 g/mol. The number of aromatic nitrogens is 1. The summed E-state index contributed by atoms with van der Waals surface area (Å²) >= 11 is 0. The minimum atomic E-state index is 0.0583. The molecule has 3 aromatic rings. The lowest BCUT2D eigenvalue weighted by atomic mass is 9.97. The Balaban J connectivity index is 1.62. The highest BCUT2D eigenvalue weighted by atomic mass is 16.5. The fraction of sp³-hybridized carbons (Fsp3) is 0.320. The summed E-state index contributed by atoms with van der Waals surface area (Å²) in [5, 5.41) is 0. The van der Waals surface area contributed by atoms with Gasteiger partial charge in [0.05, 0.1) is 19.8 Å². The third kappa shape index (κ3) is 6.01. The number of hydrogen-bond donors (Lipinski definition) is 0. The molecule has 3 heteroatoms. The molecule has 0 unspecified atom stereocenters. The van der Waals surface area contributed by atoms with E-state index in [-0.39, 0.29) is 12.1 Å². The van der Waals surface area contributed by atoms with Crippen molar-refractivity contribution >= 4 is 0 Å². The highest BCUT2D eigenvalue weighted by Crippen LogP contribution is 2.21. The zero-order valence-electron chi connectivity index (χ0n) is 16.8. The van der Waals surface area contributed by atoms with E-state index in [4.69, 9.17) is 9.47 Å². The van der Waals surface area contributed by atoms with Crippen molar-refractivity contribution in [2.75, 3.05) is 6.61 Å². The van der Waals surface area contributed by atoms with Gasteiger partial charge in [0, 0.05) is 18.1 Å². The summed E-state index contributed by atoms with van der Waals surface area (Å²) in [5.74, 6) is 0.307. The molecule has 1 heterocycles. The normalized spacial score (nSPS) is 14.4. The lowest BCUT2D eigenvalue weighted by molar-refractivity contribution is -0.737. The first-order valence-electron chi connectivity index (χ1n) is 9.97. The number of hydrogen-bond acceptors (Lipinski definition) is 2. The first-order chi connectivity index (χ1) is 13.7. The van der Waals surface area contributed by atoms with Crippen molar-refractivity contribution in [3.63, 3.8) is 0 Å². The van der Waals surface area contributed by atoms with E-state index in [9.17, 15) is 0 Å². The summed E-state index contributed by atoms with van der Waals surface area (Å²) in [6.07, 6.45) is 4.28. The molecule has 3 rings (SSSR count). The SMILES string of the molecule is C[C@H](COCc1ccccc1)[C@@H]([C@@H](C)OCc1ccccc1)[n+]1ccccc1. The molecule has 2 aromatic carbocycles. The van der Waals surface area contributed by atoms with Crippen molar-refractivity contribution in [3.05, 3.63) is 102 Å². The van der Waals surface area contributed by atoms with Gasteiger partial charge in [0.25, 0.3) is 0 Å². The van der Waals surface area contributed by atoms with Crippen LogP contribution in [0, 0.1) is 5.92 Å². The first kappa shape index (κ1) is 20.2. The van der Waals surface area contributed by atoms with Gasteiger partial charge in [-0.25, -0.2) is 0 Å². The van der Waals surface area contributed by atoms with Crippen LogP contribution >= 0.6 is 0 Å². The Morgan fingerprint density at radius 2 is 1.25 bits per heavy atom. The van der Waals surface area contributed by atoms with E-state index in [1.807, 2.05) is 42.5 Å². The first-order valence-corrected chi connectivity index (χ1v) is 9.97. The monoisotopic (exact) mass is 376 g/mol. The number of rotatable bonds is 10. The van der Waals surface area contributed by atoms with Crippen molar-refractivity contribution in [1.82, 2.24) is 0 Å². The Kier molecular flexibility index (Phi) is 7.77. The summed E-state index contributed by atoms with van der Waals surface area (Å²) < 4.78 is 14.5. The second-order valence-electron chi connectivity index (χ2n) is 7.29. The summed E-state index contributed by atoms with van der Waals surface area (Å²) in [7, 11) is 0. The van der Waals surface area contributed by atoms with Crippen LogP contribution < -0.4 is 4.57 Å². The van der Waals surface area contributed by atoms with Gasteiger partial charge in [-0.1, -0.05) is 73.7 Å². The van der Waals surface area contributed by atoms with E-state index in [0.717, 1.165) is 0 Å². The molecule has 0 amide bonds. The fourth-order valence-electron chi connectivity index (χ4n) is 3.55. The quantitative estimate of drug-likeness (QED) is 0.466. The van der Waals surface area contributed by atoms with Crippen LogP contribution in [0.2, 0.25) is 0 Å².